The van der Waals surface area contributed by atoms with Gasteiger partial charge in [0.25, 0.3) is 5.91 Å². The molecule has 0 radical (unpaired) electrons. The summed E-state index contributed by atoms with van der Waals surface area (Å²) in [6.07, 6.45) is 1.79. The van der Waals surface area contributed by atoms with Crippen molar-refractivity contribution in [3.8, 4) is 5.75 Å². The number of hydrogen-bond acceptors (Lipinski definition) is 3. The summed E-state index contributed by atoms with van der Waals surface area (Å²) < 4.78 is 6.04. The Hall–Kier alpha value is -2.59. The predicted octanol–water partition coefficient (Wildman–Crippen LogP) is 4.20. The highest BCUT2D eigenvalue weighted by atomic mass is 16.5. The van der Waals surface area contributed by atoms with Gasteiger partial charge in [0, 0.05) is 17.7 Å². The van der Waals surface area contributed by atoms with E-state index in [0.29, 0.717) is 18.7 Å². The van der Waals surface area contributed by atoms with Crippen molar-refractivity contribution in [2.24, 2.45) is 0 Å². The number of ether oxygens (including phenoxy) is 1. The van der Waals surface area contributed by atoms with Crippen molar-refractivity contribution in [1.82, 2.24) is 4.90 Å². The molecule has 1 aliphatic heterocycles. The van der Waals surface area contributed by atoms with Crippen LogP contribution in [0.2, 0.25) is 0 Å². The highest BCUT2D eigenvalue weighted by Crippen LogP contribution is 2.31. The molecule has 4 nitrogen and oxygen atoms in total. The van der Waals surface area contributed by atoms with Crippen molar-refractivity contribution in [2.45, 2.75) is 39.3 Å². The number of rotatable bonds is 6. The molecule has 1 saturated heterocycles. The van der Waals surface area contributed by atoms with E-state index >= 15 is 0 Å². The molecule has 1 amide bonds. The molecule has 2 aromatic carbocycles. The molecule has 2 aromatic rings. The number of aliphatic hydroxyl groups is 1. The second-order valence-corrected chi connectivity index (χ2v) is 7.20. The van der Waals surface area contributed by atoms with Crippen LogP contribution >= 0.6 is 0 Å². The fourth-order valence-corrected chi connectivity index (χ4v) is 3.55. The first-order valence-electron chi connectivity index (χ1n) is 9.40. The molecular weight excluding hydrogens is 338 g/mol. The number of amides is 1. The molecule has 1 atom stereocenters. The van der Waals surface area contributed by atoms with Crippen LogP contribution in [-0.2, 0) is 6.61 Å². The molecule has 142 valence electrons. The van der Waals surface area contributed by atoms with Gasteiger partial charge in [-0.2, -0.15) is 0 Å². The number of hydrogen-bond donors (Lipinski definition) is 1. The van der Waals surface area contributed by atoms with Crippen LogP contribution in [0.3, 0.4) is 0 Å². The number of allylic oxidation sites excluding steroid dienone is 1. The summed E-state index contributed by atoms with van der Waals surface area (Å²) in [4.78, 5) is 14.8. The second-order valence-electron chi connectivity index (χ2n) is 7.20. The van der Waals surface area contributed by atoms with E-state index in [1.54, 1.807) is 4.90 Å². The lowest BCUT2D eigenvalue weighted by Crippen LogP contribution is -2.38. The molecule has 0 aliphatic carbocycles. The molecule has 0 saturated carbocycles. The Kier molecular flexibility index (Phi) is 5.97. The molecule has 27 heavy (non-hydrogen) atoms. The van der Waals surface area contributed by atoms with E-state index in [1.807, 2.05) is 56.3 Å². The molecular formula is C23H27NO3. The normalized spacial score (nSPS) is 16.4. The smallest absolute Gasteiger partial charge is 0.254 e. The minimum Gasteiger partial charge on any atom is -0.488 e. The molecule has 1 aliphatic rings. The maximum absolute atomic E-state index is 13.0. The molecule has 0 unspecified atom stereocenters. The van der Waals surface area contributed by atoms with Crippen LogP contribution in [0.25, 0.3) is 5.57 Å². The lowest BCUT2D eigenvalue weighted by atomic mass is 9.99. The average molecular weight is 365 g/mol. The van der Waals surface area contributed by atoms with Crippen LogP contribution in [0.4, 0.5) is 0 Å². The number of aryl methyl sites for hydroxylation is 1. The summed E-state index contributed by atoms with van der Waals surface area (Å²) in [7, 11) is 0. The van der Waals surface area contributed by atoms with Gasteiger partial charge in [-0.25, -0.2) is 0 Å². The first-order chi connectivity index (χ1) is 13.0. The summed E-state index contributed by atoms with van der Waals surface area (Å²) in [5.41, 5.74) is 4.31. The summed E-state index contributed by atoms with van der Waals surface area (Å²) in [5.74, 6) is 0.710. The van der Waals surface area contributed by atoms with Gasteiger partial charge in [0.2, 0.25) is 0 Å². The molecule has 1 heterocycles. The minimum absolute atomic E-state index is 0.0103. The van der Waals surface area contributed by atoms with Crippen LogP contribution in [0, 0.1) is 6.92 Å². The van der Waals surface area contributed by atoms with E-state index in [0.717, 1.165) is 40.9 Å². The Morgan fingerprint density at radius 3 is 2.67 bits per heavy atom. The highest BCUT2D eigenvalue weighted by Gasteiger charge is 2.30. The van der Waals surface area contributed by atoms with Crippen molar-refractivity contribution < 1.29 is 14.6 Å². The van der Waals surface area contributed by atoms with E-state index in [9.17, 15) is 9.90 Å². The Morgan fingerprint density at radius 2 is 2.00 bits per heavy atom. The van der Waals surface area contributed by atoms with Crippen molar-refractivity contribution in [3.05, 3.63) is 71.3 Å². The molecule has 0 bridgehead atoms. The van der Waals surface area contributed by atoms with E-state index in [-0.39, 0.29) is 18.6 Å². The lowest BCUT2D eigenvalue weighted by molar-refractivity contribution is 0.0677. The summed E-state index contributed by atoms with van der Waals surface area (Å²) in [6, 6.07) is 13.7. The molecule has 0 spiro atoms. The summed E-state index contributed by atoms with van der Waals surface area (Å²) >= 11 is 0. The minimum atomic E-state index is -0.0841. The Labute approximate surface area is 161 Å². The van der Waals surface area contributed by atoms with Gasteiger partial charge in [-0.15, -0.1) is 0 Å². The van der Waals surface area contributed by atoms with Gasteiger partial charge in [0.1, 0.15) is 12.4 Å². The van der Waals surface area contributed by atoms with Gasteiger partial charge in [0.05, 0.1) is 12.6 Å². The highest BCUT2D eigenvalue weighted by molar-refractivity contribution is 5.97. The van der Waals surface area contributed by atoms with Gasteiger partial charge < -0.3 is 14.7 Å². The van der Waals surface area contributed by atoms with Crippen molar-refractivity contribution in [1.29, 1.82) is 0 Å². The number of aliphatic hydroxyl groups excluding tert-OH is 1. The van der Waals surface area contributed by atoms with Crippen molar-refractivity contribution in [3.63, 3.8) is 0 Å². The fraction of sp³-hybridized carbons (Fsp3) is 0.348. The summed E-state index contributed by atoms with van der Waals surface area (Å²) in [5, 5.41) is 9.54. The average Bonchev–Trinajstić information content (AvgIpc) is 3.15. The van der Waals surface area contributed by atoms with Gasteiger partial charge >= 0.3 is 0 Å². The zero-order chi connectivity index (χ0) is 19.4. The number of benzene rings is 2. The van der Waals surface area contributed by atoms with E-state index in [2.05, 4.69) is 6.58 Å². The molecule has 3 rings (SSSR count). The van der Waals surface area contributed by atoms with Gasteiger partial charge in [-0.1, -0.05) is 36.9 Å². The summed E-state index contributed by atoms with van der Waals surface area (Å²) in [6.45, 7) is 9.07. The number of likely N-dealkylation sites (tertiary alicyclic amines) is 1. The second kappa shape index (κ2) is 8.40. The molecule has 1 N–H and O–H groups in total. The largest absolute Gasteiger partial charge is 0.488 e. The monoisotopic (exact) mass is 365 g/mol. The molecule has 0 aromatic heterocycles. The Bertz CT molecular complexity index is 829. The van der Waals surface area contributed by atoms with Gasteiger partial charge in [-0.05, 0) is 55.5 Å². The Morgan fingerprint density at radius 1 is 1.26 bits per heavy atom. The van der Waals surface area contributed by atoms with Crippen molar-refractivity contribution in [2.75, 3.05) is 13.2 Å². The van der Waals surface area contributed by atoms with Gasteiger partial charge in [-0.3, -0.25) is 4.79 Å². The third-order valence-corrected chi connectivity index (χ3v) is 5.10. The third-order valence-electron chi connectivity index (χ3n) is 5.10. The SMILES string of the molecule is C=C(C)c1cc(C(=O)N2CCC[C@@H]2CO)c(C)cc1OCc1ccccc1. The first kappa shape index (κ1) is 19.2. The zero-order valence-electron chi connectivity index (χ0n) is 16.1. The van der Waals surface area contributed by atoms with E-state index < -0.39 is 0 Å². The number of carbonyl (C=O) groups excluding carboxylic acids is 1. The van der Waals surface area contributed by atoms with Crippen LogP contribution < -0.4 is 4.74 Å². The van der Waals surface area contributed by atoms with Crippen LogP contribution in [0.15, 0.2) is 49.0 Å². The number of nitrogens with zero attached hydrogens (tertiary/aromatic N) is 1. The van der Waals surface area contributed by atoms with Crippen LogP contribution in [-0.4, -0.2) is 35.1 Å². The molecule has 4 heteroatoms. The standard InChI is InChI=1S/C23H27NO3/c1-16(2)20-13-21(23(26)24-11-7-10-19(24)14-25)17(3)12-22(20)27-15-18-8-5-4-6-9-18/h4-6,8-9,12-13,19,25H,1,7,10-11,14-15H2,2-3H3/t19-/m1/s1. The molecule has 1 fully saturated rings. The van der Waals surface area contributed by atoms with E-state index in [1.165, 1.54) is 0 Å². The topological polar surface area (TPSA) is 49.8 Å². The van der Waals surface area contributed by atoms with E-state index in [4.69, 9.17) is 4.74 Å². The van der Waals surface area contributed by atoms with Crippen LogP contribution in [0.1, 0.15) is 46.8 Å². The zero-order valence-corrected chi connectivity index (χ0v) is 16.1. The van der Waals surface area contributed by atoms with Crippen molar-refractivity contribution >= 4 is 11.5 Å². The maximum atomic E-state index is 13.0. The predicted molar refractivity (Wildman–Crippen MR) is 108 cm³/mol. The fourth-order valence-electron chi connectivity index (χ4n) is 3.55. The number of carbonyl (C=O) groups is 1. The first-order valence-corrected chi connectivity index (χ1v) is 9.40. The quantitative estimate of drug-likeness (QED) is 0.834. The van der Waals surface area contributed by atoms with Crippen LogP contribution in [0.5, 0.6) is 5.75 Å². The maximum Gasteiger partial charge on any atom is 0.254 e. The third kappa shape index (κ3) is 4.22. The van der Waals surface area contributed by atoms with Gasteiger partial charge in [0.15, 0.2) is 0 Å². The lowest BCUT2D eigenvalue weighted by Gasteiger charge is -2.24. The Balaban J connectivity index is 1.88.